The van der Waals surface area contributed by atoms with Crippen LogP contribution in [-0.4, -0.2) is 17.1 Å². The smallest absolute Gasteiger partial charge is 0.118 e. The van der Waals surface area contributed by atoms with Gasteiger partial charge in [-0.05, 0) is 48.0 Å². The second kappa shape index (κ2) is 7.75. The number of hydrogen-bond donors (Lipinski definition) is 0. The van der Waals surface area contributed by atoms with Gasteiger partial charge in [0.1, 0.15) is 5.75 Å². The molecule has 0 amide bonds. The minimum atomic E-state index is 0.833. The fraction of sp³-hybridized carbons (Fsp3) is 0.0476. The van der Waals surface area contributed by atoms with Crippen LogP contribution in [0.5, 0.6) is 5.75 Å². The summed E-state index contributed by atoms with van der Waals surface area (Å²) in [5.74, 6) is 7.14. The number of rotatable bonds is 3. The molecule has 24 heavy (non-hydrogen) atoms. The molecule has 0 aliphatic rings. The zero-order valence-corrected chi connectivity index (χ0v) is 13.3. The van der Waals surface area contributed by atoms with Gasteiger partial charge in [0.2, 0.25) is 0 Å². The highest BCUT2D eigenvalue weighted by atomic mass is 16.5. The fourth-order valence-electron chi connectivity index (χ4n) is 2.07. The van der Waals surface area contributed by atoms with E-state index >= 15 is 0 Å². The molecule has 3 heteroatoms. The van der Waals surface area contributed by atoms with Gasteiger partial charge in [-0.1, -0.05) is 30.0 Å². The van der Waals surface area contributed by atoms with Crippen LogP contribution in [0.15, 0.2) is 67.1 Å². The Kier molecular flexibility index (Phi) is 5.01. The van der Waals surface area contributed by atoms with Gasteiger partial charge >= 0.3 is 0 Å². The fourth-order valence-corrected chi connectivity index (χ4v) is 2.07. The molecule has 0 aliphatic carbocycles. The topological polar surface area (TPSA) is 35.0 Å². The Hall–Kier alpha value is -3.38. The molecule has 3 aromatic rings. The number of benzene rings is 2. The van der Waals surface area contributed by atoms with Gasteiger partial charge < -0.3 is 4.74 Å². The third kappa shape index (κ3) is 4.31. The number of ether oxygens (including phenoxy) is 1. The van der Waals surface area contributed by atoms with Gasteiger partial charge in [0.05, 0.1) is 19.0 Å². The summed E-state index contributed by atoms with van der Waals surface area (Å²) in [5.41, 5.74) is 3.86. The lowest BCUT2D eigenvalue weighted by Crippen LogP contribution is -1.82. The Morgan fingerprint density at radius 1 is 0.833 bits per heavy atom. The van der Waals surface area contributed by atoms with Crippen LogP contribution in [0.25, 0.3) is 12.2 Å². The van der Waals surface area contributed by atoms with Crippen molar-refractivity contribution < 1.29 is 4.74 Å². The quantitative estimate of drug-likeness (QED) is 0.684. The van der Waals surface area contributed by atoms with E-state index in [0.29, 0.717) is 0 Å². The van der Waals surface area contributed by atoms with Crippen molar-refractivity contribution in [2.75, 3.05) is 7.11 Å². The molecule has 0 fully saturated rings. The Balaban J connectivity index is 1.68. The first-order valence-corrected chi connectivity index (χ1v) is 7.54. The molecule has 0 atom stereocenters. The lowest BCUT2D eigenvalue weighted by molar-refractivity contribution is 0.415. The van der Waals surface area contributed by atoms with Crippen LogP contribution in [0.2, 0.25) is 0 Å². The van der Waals surface area contributed by atoms with Crippen molar-refractivity contribution in [3.63, 3.8) is 0 Å². The van der Waals surface area contributed by atoms with E-state index < -0.39 is 0 Å². The van der Waals surface area contributed by atoms with Crippen LogP contribution in [-0.2, 0) is 0 Å². The molecule has 0 unspecified atom stereocenters. The molecule has 0 radical (unpaired) electrons. The largest absolute Gasteiger partial charge is 0.497 e. The maximum Gasteiger partial charge on any atom is 0.118 e. The Morgan fingerprint density at radius 2 is 1.50 bits per heavy atom. The van der Waals surface area contributed by atoms with E-state index in [1.165, 1.54) is 0 Å². The van der Waals surface area contributed by atoms with Crippen LogP contribution in [0.3, 0.4) is 0 Å². The molecule has 3 rings (SSSR count). The first kappa shape index (κ1) is 15.5. The van der Waals surface area contributed by atoms with E-state index in [1.54, 1.807) is 25.7 Å². The Morgan fingerprint density at radius 3 is 2.08 bits per heavy atom. The summed E-state index contributed by atoms with van der Waals surface area (Å²) < 4.78 is 5.14. The lowest BCUT2D eigenvalue weighted by Gasteiger charge is -1.97. The van der Waals surface area contributed by atoms with E-state index in [1.807, 2.05) is 60.7 Å². The lowest BCUT2D eigenvalue weighted by atomic mass is 10.1. The molecular formula is C21H16N2O. The highest BCUT2D eigenvalue weighted by molar-refractivity contribution is 5.67. The standard InChI is InChI=1S/C21H16N2O/c1-24-21-12-9-19(10-13-21)7-4-17-2-5-18(6-3-17)8-11-20-16-22-14-15-23-20/h2-3,5-6,8-16H,1H3/b11-8+. The summed E-state index contributed by atoms with van der Waals surface area (Å²) in [6.07, 6.45) is 9.01. The summed E-state index contributed by atoms with van der Waals surface area (Å²) in [7, 11) is 1.65. The van der Waals surface area contributed by atoms with Gasteiger partial charge in [0.25, 0.3) is 0 Å². The zero-order valence-electron chi connectivity index (χ0n) is 13.3. The maximum absolute atomic E-state index is 5.14. The molecule has 0 bridgehead atoms. The number of nitrogens with zero attached hydrogens (tertiary/aromatic N) is 2. The average Bonchev–Trinajstić information content (AvgIpc) is 2.67. The first-order valence-electron chi connectivity index (χ1n) is 7.54. The molecular weight excluding hydrogens is 296 g/mol. The van der Waals surface area contributed by atoms with Crippen molar-refractivity contribution in [3.05, 3.63) is 89.5 Å². The van der Waals surface area contributed by atoms with Crippen LogP contribution in [0.1, 0.15) is 22.4 Å². The maximum atomic E-state index is 5.14. The second-order valence-corrected chi connectivity index (χ2v) is 5.06. The molecule has 1 aromatic heterocycles. The van der Waals surface area contributed by atoms with Crippen LogP contribution >= 0.6 is 0 Å². The van der Waals surface area contributed by atoms with Crippen molar-refractivity contribution in [1.82, 2.24) is 9.97 Å². The summed E-state index contributed by atoms with van der Waals surface area (Å²) in [5, 5.41) is 0. The predicted octanol–water partition coefficient (Wildman–Crippen LogP) is 4.06. The van der Waals surface area contributed by atoms with E-state index in [2.05, 4.69) is 21.8 Å². The summed E-state index contributed by atoms with van der Waals surface area (Å²) in [6.45, 7) is 0. The monoisotopic (exact) mass is 312 g/mol. The van der Waals surface area contributed by atoms with Gasteiger partial charge in [-0.3, -0.25) is 9.97 Å². The first-order chi connectivity index (χ1) is 11.8. The van der Waals surface area contributed by atoms with Gasteiger partial charge in [-0.2, -0.15) is 0 Å². The highest BCUT2D eigenvalue weighted by Gasteiger charge is 1.92. The zero-order chi connectivity index (χ0) is 16.6. The van der Waals surface area contributed by atoms with Crippen LogP contribution in [0, 0.1) is 11.8 Å². The normalized spacial score (nSPS) is 10.2. The molecule has 0 spiro atoms. The van der Waals surface area contributed by atoms with E-state index in [9.17, 15) is 0 Å². The molecule has 0 saturated carbocycles. The van der Waals surface area contributed by atoms with Crippen LogP contribution in [0.4, 0.5) is 0 Å². The minimum Gasteiger partial charge on any atom is -0.497 e. The molecule has 0 aliphatic heterocycles. The average molecular weight is 312 g/mol. The van der Waals surface area contributed by atoms with Crippen molar-refractivity contribution in [3.8, 4) is 17.6 Å². The summed E-state index contributed by atoms with van der Waals surface area (Å²) >= 11 is 0. The van der Waals surface area contributed by atoms with Crippen molar-refractivity contribution >= 4 is 12.2 Å². The molecule has 3 nitrogen and oxygen atoms in total. The van der Waals surface area contributed by atoms with Gasteiger partial charge in [0, 0.05) is 23.5 Å². The molecule has 0 saturated heterocycles. The van der Waals surface area contributed by atoms with Crippen LogP contribution < -0.4 is 4.74 Å². The van der Waals surface area contributed by atoms with Crippen molar-refractivity contribution in [1.29, 1.82) is 0 Å². The van der Waals surface area contributed by atoms with E-state index in [4.69, 9.17) is 4.74 Å². The Labute approximate surface area is 141 Å². The van der Waals surface area contributed by atoms with Crippen molar-refractivity contribution in [2.45, 2.75) is 0 Å². The number of hydrogen-bond acceptors (Lipinski definition) is 3. The highest BCUT2D eigenvalue weighted by Crippen LogP contribution is 2.11. The van der Waals surface area contributed by atoms with Gasteiger partial charge in [-0.25, -0.2) is 0 Å². The number of aromatic nitrogens is 2. The molecule has 1 heterocycles. The Bertz CT molecular complexity index is 871. The third-order valence-corrected chi connectivity index (χ3v) is 3.38. The minimum absolute atomic E-state index is 0.833. The number of methoxy groups -OCH3 is 1. The SMILES string of the molecule is COc1ccc(C#Cc2ccc(/C=C/c3cnccn3)cc2)cc1. The second-order valence-electron chi connectivity index (χ2n) is 5.06. The van der Waals surface area contributed by atoms with E-state index in [0.717, 1.165) is 28.1 Å². The summed E-state index contributed by atoms with van der Waals surface area (Å²) in [6, 6.07) is 15.8. The molecule has 2 aromatic carbocycles. The van der Waals surface area contributed by atoms with Gasteiger partial charge in [0.15, 0.2) is 0 Å². The molecule has 116 valence electrons. The van der Waals surface area contributed by atoms with Gasteiger partial charge in [-0.15, -0.1) is 0 Å². The molecule has 0 N–H and O–H groups in total. The summed E-state index contributed by atoms with van der Waals surface area (Å²) in [4.78, 5) is 8.24. The van der Waals surface area contributed by atoms with E-state index in [-0.39, 0.29) is 0 Å². The van der Waals surface area contributed by atoms with Crippen molar-refractivity contribution in [2.24, 2.45) is 0 Å². The third-order valence-electron chi connectivity index (χ3n) is 3.38. The predicted molar refractivity (Wildman–Crippen MR) is 96.4 cm³/mol.